The van der Waals surface area contributed by atoms with E-state index in [0.29, 0.717) is 11.8 Å². The topological polar surface area (TPSA) is 72.3 Å². The zero-order valence-corrected chi connectivity index (χ0v) is 10.7. The zero-order valence-electron chi connectivity index (χ0n) is 10.7. The molecule has 98 valence electrons. The minimum atomic E-state index is -1.10. The predicted molar refractivity (Wildman–Crippen MR) is 65.6 cm³/mol. The van der Waals surface area contributed by atoms with Crippen molar-refractivity contribution in [1.82, 2.24) is 9.97 Å². The molecule has 5 nitrogen and oxygen atoms in total. The van der Waals surface area contributed by atoms with Crippen LogP contribution in [-0.4, -0.2) is 27.1 Å². The number of carbonyl (C=O) groups is 1. The normalized spacial score (nSPS) is 27.8. The summed E-state index contributed by atoms with van der Waals surface area (Å²) < 4.78 is 5.71. The van der Waals surface area contributed by atoms with Crippen molar-refractivity contribution in [3.05, 3.63) is 18.1 Å². The van der Waals surface area contributed by atoms with Crippen molar-refractivity contribution >= 4 is 5.97 Å². The largest absolute Gasteiger partial charge is 0.476 e. The lowest BCUT2D eigenvalue weighted by molar-refractivity contribution is 0.0661. The molecule has 0 saturated heterocycles. The fourth-order valence-electron chi connectivity index (χ4n) is 2.32. The Morgan fingerprint density at radius 3 is 2.67 bits per heavy atom. The van der Waals surface area contributed by atoms with E-state index in [9.17, 15) is 4.79 Å². The summed E-state index contributed by atoms with van der Waals surface area (Å²) >= 11 is 0. The average Bonchev–Trinajstić information content (AvgIpc) is 2.34. The molecule has 3 unspecified atom stereocenters. The minimum absolute atomic E-state index is 0.0472. The van der Waals surface area contributed by atoms with Gasteiger partial charge >= 0.3 is 5.97 Å². The molecule has 1 saturated carbocycles. The van der Waals surface area contributed by atoms with Crippen molar-refractivity contribution in [2.75, 3.05) is 0 Å². The highest BCUT2D eigenvalue weighted by Crippen LogP contribution is 2.31. The molecule has 0 amide bonds. The van der Waals surface area contributed by atoms with E-state index < -0.39 is 5.97 Å². The standard InChI is InChI=1S/C13H18N2O3/c1-8-3-4-10(7-9(8)2)18-12-11(13(16)17)14-5-6-15-12/h5-6,8-10H,3-4,7H2,1-2H3,(H,16,17). The van der Waals surface area contributed by atoms with Crippen LogP contribution in [0.25, 0.3) is 0 Å². The molecule has 5 heteroatoms. The maximum Gasteiger partial charge on any atom is 0.360 e. The monoisotopic (exact) mass is 250 g/mol. The Labute approximate surface area is 106 Å². The molecule has 1 aromatic heterocycles. The SMILES string of the molecule is CC1CCC(Oc2nccnc2C(=O)O)CC1C. The van der Waals surface area contributed by atoms with Gasteiger partial charge in [0.15, 0.2) is 0 Å². The molecule has 1 aliphatic carbocycles. The van der Waals surface area contributed by atoms with Gasteiger partial charge in [0, 0.05) is 12.4 Å². The summed E-state index contributed by atoms with van der Waals surface area (Å²) in [5.41, 5.74) is -0.108. The van der Waals surface area contributed by atoms with Crippen molar-refractivity contribution < 1.29 is 14.6 Å². The van der Waals surface area contributed by atoms with Crippen molar-refractivity contribution in [2.45, 2.75) is 39.2 Å². The highest BCUT2D eigenvalue weighted by Gasteiger charge is 2.27. The van der Waals surface area contributed by atoms with Gasteiger partial charge in [0.2, 0.25) is 11.6 Å². The fraction of sp³-hybridized carbons (Fsp3) is 0.615. The van der Waals surface area contributed by atoms with Crippen LogP contribution in [0.1, 0.15) is 43.6 Å². The first kappa shape index (κ1) is 12.8. The van der Waals surface area contributed by atoms with Gasteiger partial charge in [-0.25, -0.2) is 14.8 Å². The molecule has 2 rings (SSSR count). The molecule has 0 aliphatic heterocycles. The van der Waals surface area contributed by atoms with Gasteiger partial charge in [0.25, 0.3) is 0 Å². The second-order valence-corrected chi connectivity index (χ2v) is 5.02. The van der Waals surface area contributed by atoms with E-state index in [0.717, 1.165) is 19.3 Å². The third kappa shape index (κ3) is 2.78. The molecule has 1 aromatic rings. The van der Waals surface area contributed by atoms with E-state index in [1.54, 1.807) is 0 Å². The van der Waals surface area contributed by atoms with Crippen LogP contribution in [0.2, 0.25) is 0 Å². The van der Waals surface area contributed by atoms with Gasteiger partial charge in [-0.05, 0) is 31.1 Å². The predicted octanol–water partition coefficient (Wildman–Crippen LogP) is 2.38. The summed E-state index contributed by atoms with van der Waals surface area (Å²) in [6, 6.07) is 0. The van der Waals surface area contributed by atoms with Gasteiger partial charge in [0.1, 0.15) is 6.10 Å². The molecule has 1 fully saturated rings. The summed E-state index contributed by atoms with van der Waals surface area (Å²) in [5.74, 6) is 0.325. The third-order valence-electron chi connectivity index (χ3n) is 3.70. The molecule has 1 aliphatic rings. The van der Waals surface area contributed by atoms with E-state index in [-0.39, 0.29) is 17.7 Å². The molecule has 1 N–H and O–H groups in total. The lowest BCUT2D eigenvalue weighted by Gasteiger charge is -2.31. The van der Waals surface area contributed by atoms with Gasteiger partial charge < -0.3 is 9.84 Å². The first-order valence-corrected chi connectivity index (χ1v) is 6.29. The third-order valence-corrected chi connectivity index (χ3v) is 3.70. The summed E-state index contributed by atoms with van der Waals surface area (Å²) in [6.45, 7) is 4.45. The Kier molecular flexibility index (Phi) is 3.79. The van der Waals surface area contributed by atoms with Gasteiger partial charge in [-0.1, -0.05) is 13.8 Å². The smallest absolute Gasteiger partial charge is 0.360 e. The van der Waals surface area contributed by atoms with E-state index in [1.807, 2.05) is 0 Å². The number of aromatic nitrogens is 2. The van der Waals surface area contributed by atoms with Crippen molar-refractivity contribution in [1.29, 1.82) is 0 Å². The Morgan fingerprint density at radius 1 is 1.28 bits per heavy atom. The van der Waals surface area contributed by atoms with Crippen LogP contribution in [0.5, 0.6) is 5.88 Å². The molecule has 0 bridgehead atoms. The van der Waals surface area contributed by atoms with Crippen LogP contribution in [0.3, 0.4) is 0 Å². The molecule has 0 aromatic carbocycles. The van der Waals surface area contributed by atoms with Gasteiger partial charge in [-0.2, -0.15) is 0 Å². The van der Waals surface area contributed by atoms with Crippen molar-refractivity contribution in [3.63, 3.8) is 0 Å². The number of hydrogen-bond acceptors (Lipinski definition) is 4. The number of carboxylic acid groups (broad SMARTS) is 1. The van der Waals surface area contributed by atoms with Crippen LogP contribution >= 0.6 is 0 Å². The van der Waals surface area contributed by atoms with Crippen molar-refractivity contribution in [3.8, 4) is 5.88 Å². The first-order valence-electron chi connectivity index (χ1n) is 6.29. The van der Waals surface area contributed by atoms with Crippen molar-refractivity contribution in [2.24, 2.45) is 11.8 Å². The van der Waals surface area contributed by atoms with Gasteiger partial charge in [0.05, 0.1) is 0 Å². The number of aromatic carboxylic acids is 1. The molecule has 0 spiro atoms. The summed E-state index contributed by atoms with van der Waals surface area (Å²) in [7, 11) is 0. The average molecular weight is 250 g/mol. The summed E-state index contributed by atoms with van der Waals surface area (Å²) in [4.78, 5) is 18.8. The molecule has 18 heavy (non-hydrogen) atoms. The van der Waals surface area contributed by atoms with Crippen LogP contribution < -0.4 is 4.74 Å². The Morgan fingerprint density at radius 2 is 2.00 bits per heavy atom. The Hall–Kier alpha value is -1.65. The highest BCUT2D eigenvalue weighted by atomic mass is 16.5. The lowest BCUT2D eigenvalue weighted by Crippen LogP contribution is -2.29. The van der Waals surface area contributed by atoms with Crippen LogP contribution in [0, 0.1) is 11.8 Å². The molecule has 1 heterocycles. The zero-order chi connectivity index (χ0) is 13.1. The molecular weight excluding hydrogens is 232 g/mol. The van der Waals surface area contributed by atoms with Gasteiger partial charge in [-0.3, -0.25) is 0 Å². The molecule has 0 radical (unpaired) electrons. The number of carboxylic acids is 1. The summed E-state index contributed by atoms with van der Waals surface area (Å²) in [5, 5.41) is 9.01. The van der Waals surface area contributed by atoms with Crippen LogP contribution in [0.4, 0.5) is 0 Å². The van der Waals surface area contributed by atoms with E-state index in [2.05, 4.69) is 23.8 Å². The molecular formula is C13H18N2O3. The van der Waals surface area contributed by atoms with Crippen LogP contribution in [0.15, 0.2) is 12.4 Å². The second kappa shape index (κ2) is 5.33. The maximum atomic E-state index is 11.0. The number of rotatable bonds is 3. The number of hydrogen-bond donors (Lipinski definition) is 1. The number of ether oxygens (including phenoxy) is 1. The van der Waals surface area contributed by atoms with E-state index >= 15 is 0 Å². The Balaban J connectivity index is 2.08. The highest BCUT2D eigenvalue weighted by molar-refractivity contribution is 5.87. The maximum absolute atomic E-state index is 11.0. The summed E-state index contributed by atoms with van der Waals surface area (Å²) in [6.07, 6.45) is 5.86. The Bertz CT molecular complexity index is 436. The lowest BCUT2D eigenvalue weighted by atomic mass is 9.80. The first-order chi connectivity index (χ1) is 8.58. The molecule has 3 atom stereocenters. The fourth-order valence-corrected chi connectivity index (χ4v) is 2.32. The van der Waals surface area contributed by atoms with Crippen LogP contribution in [-0.2, 0) is 0 Å². The van der Waals surface area contributed by atoms with E-state index in [1.165, 1.54) is 12.4 Å². The van der Waals surface area contributed by atoms with Gasteiger partial charge in [-0.15, -0.1) is 0 Å². The quantitative estimate of drug-likeness (QED) is 0.891. The van der Waals surface area contributed by atoms with E-state index in [4.69, 9.17) is 9.84 Å². The minimum Gasteiger partial charge on any atom is -0.476 e. The number of nitrogens with zero attached hydrogens (tertiary/aromatic N) is 2. The second-order valence-electron chi connectivity index (χ2n) is 5.02.